The molecule has 0 unspecified atom stereocenters. The van der Waals surface area contributed by atoms with E-state index in [0.717, 1.165) is 25.7 Å². The minimum absolute atomic E-state index is 0.0912. The Morgan fingerprint density at radius 3 is 2.63 bits per heavy atom. The molecule has 1 fully saturated rings. The number of thiophene rings is 1. The quantitative estimate of drug-likeness (QED) is 0.841. The molecule has 0 bridgehead atoms. The van der Waals surface area contributed by atoms with E-state index in [-0.39, 0.29) is 11.8 Å². The van der Waals surface area contributed by atoms with Crippen LogP contribution >= 0.6 is 11.3 Å². The first-order chi connectivity index (χ1) is 12.8. The van der Waals surface area contributed by atoms with Crippen molar-refractivity contribution in [1.82, 2.24) is 20.3 Å². The number of nitrogens with one attached hydrogen (secondary N) is 1. The molecule has 0 aromatic carbocycles. The first-order valence-electron chi connectivity index (χ1n) is 9.45. The zero-order valence-electron chi connectivity index (χ0n) is 16.4. The zero-order valence-corrected chi connectivity index (χ0v) is 17.2. The third kappa shape index (κ3) is 3.91. The third-order valence-electron chi connectivity index (χ3n) is 5.86. The van der Waals surface area contributed by atoms with Gasteiger partial charge in [-0.05, 0) is 56.9 Å². The molecule has 27 heavy (non-hydrogen) atoms. The summed E-state index contributed by atoms with van der Waals surface area (Å²) in [7, 11) is 0. The van der Waals surface area contributed by atoms with E-state index in [1.54, 1.807) is 18.5 Å². The topological polar surface area (TPSA) is 83.6 Å². The van der Waals surface area contributed by atoms with Crippen molar-refractivity contribution in [2.45, 2.75) is 64.5 Å². The van der Waals surface area contributed by atoms with Gasteiger partial charge in [-0.1, -0.05) is 25.0 Å². The van der Waals surface area contributed by atoms with Gasteiger partial charge in [0.2, 0.25) is 0 Å². The van der Waals surface area contributed by atoms with Crippen LogP contribution in [0.3, 0.4) is 0 Å². The van der Waals surface area contributed by atoms with Gasteiger partial charge in [0.1, 0.15) is 11.2 Å². The van der Waals surface area contributed by atoms with Gasteiger partial charge >= 0.3 is 0 Å². The van der Waals surface area contributed by atoms with Gasteiger partial charge in [0.05, 0.1) is 23.4 Å². The van der Waals surface area contributed by atoms with Crippen molar-refractivity contribution in [1.29, 1.82) is 5.26 Å². The number of amides is 1. The minimum atomic E-state index is -0.787. The maximum Gasteiger partial charge on any atom is 0.252 e. The maximum absolute atomic E-state index is 12.8. The highest BCUT2D eigenvalue weighted by atomic mass is 32.1. The number of aromatic nitrogens is 3. The summed E-state index contributed by atoms with van der Waals surface area (Å²) in [6, 6.07) is 4.08. The molecular formula is C20H27N5OS. The normalized spacial score (nSPS) is 22.6. The predicted octanol–water partition coefficient (Wildman–Crippen LogP) is 4.07. The van der Waals surface area contributed by atoms with Crippen LogP contribution in [0, 0.1) is 23.2 Å². The first kappa shape index (κ1) is 19.6. The van der Waals surface area contributed by atoms with Gasteiger partial charge in [-0.15, -0.1) is 5.10 Å². The number of carbonyl (C=O) groups excluding carboxylic acids is 1. The summed E-state index contributed by atoms with van der Waals surface area (Å²) in [5.74, 6) is 0.907. The van der Waals surface area contributed by atoms with E-state index in [2.05, 4.69) is 28.6 Å². The average Bonchev–Trinajstić information content (AvgIpc) is 3.34. The van der Waals surface area contributed by atoms with Crippen molar-refractivity contribution in [2.75, 3.05) is 0 Å². The number of nitriles is 1. The van der Waals surface area contributed by atoms with E-state index in [9.17, 15) is 10.1 Å². The Hall–Kier alpha value is -2.20. The fraction of sp³-hybridized carbons (Fsp3) is 0.600. The maximum atomic E-state index is 12.8. The summed E-state index contributed by atoms with van der Waals surface area (Å²) in [4.78, 5) is 12.8. The highest BCUT2D eigenvalue weighted by Crippen LogP contribution is 2.40. The van der Waals surface area contributed by atoms with E-state index >= 15 is 0 Å². The van der Waals surface area contributed by atoms with Crippen LogP contribution in [0.15, 0.2) is 23.0 Å². The second-order valence-electron chi connectivity index (χ2n) is 8.34. The van der Waals surface area contributed by atoms with Gasteiger partial charge in [0.25, 0.3) is 5.91 Å². The first-order valence-corrected chi connectivity index (χ1v) is 10.4. The Balaban J connectivity index is 1.95. The number of hydrogen-bond acceptors (Lipinski definition) is 5. The summed E-state index contributed by atoms with van der Waals surface area (Å²) in [5, 5.41) is 25.0. The molecule has 1 saturated carbocycles. The standard InChI is InChI=1S/C20H27N5OS/c1-14-5-7-16(8-6-14)20(4,22-18(26)15-9-10-27-12-15)17-11-25(24-23-17)19(2,3)13-21/h9-12,14,16H,5-8H2,1-4H3,(H,22,26)/t14?,16?,20-/m1/s1. The van der Waals surface area contributed by atoms with Crippen molar-refractivity contribution in [3.05, 3.63) is 34.3 Å². The molecule has 1 aliphatic carbocycles. The lowest BCUT2D eigenvalue weighted by molar-refractivity contribution is 0.0813. The van der Waals surface area contributed by atoms with E-state index in [1.165, 1.54) is 11.3 Å². The molecule has 0 radical (unpaired) electrons. The van der Waals surface area contributed by atoms with Crippen molar-refractivity contribution in [3.8, 4) is 6.07 Å². The highest BCUT2D eigenvalue weighted by molar-refractivity contribution is 7.08. The summed E-state index contributed by atoms with van der Waals surface area (Å²) in [6.45, 7) is 7.93. The molecule has 2 aromatic heterocycles. The Kier molecular flexibility index (Phi) is 5.38. The predicted molar refractivity (Wildman–Crippen MR) is 105 cm³/mol. The Labute approximate surface area is 164 Å². The third-order valence-corrected chi connectivity index (χ3v) is 6.54. The minimum Gasteiger partial charge on any atom is -0.341 e. The lowest BCUT2D eigenvalue weighted by Gasteiger charge is -2.40. The van der Waals surface area contributed by atoms with Crippen LogP contribution in [-0.4, -0.2) is 20.9 Å². The van der Waals surface area contributed by atoms with Crippen LogP contribution in [0.25, 0.3) is 0 Å². The molecule has 0 spiro atoms. The second-order valence-corrected chi connectivity index (χ2v) is 9.12. The van der Waals surface area contributed by atoms with Crippen molar-refractivity contribution in [3.63, 3.8) is 0 Å². The molecule has 144 valence electrons. The molecule has 1 amide bonds. The van der Waals surface area contributed by atoms with Gasteiger partial charge in [-0.2, -0.15) is 16.6 Å². The van der Waals surface area contributed by atoms with Crippen LogP contribution < -0.4 is 5.32 Å². The Bertz CT molecular complexity index is 827. The van der Waals surface area contributed by atoms with Crippen LogP contribution in [0.2, 0.25) is 0 Å². The fourth-order valence-electron chi connectivity index (χ4n) is 3.74. The SMILES string of the molecule is CC1CCC([C@@](C)(NC(=O)c2ccsc2)c2cn(C(C)(C)C#N)nn2)CC1. The molecule has 2 aromatic rings. The largest absolute Gasteiger partial charge is 0.341 e. The summed E-state index contributed by atoms with van der Waals surface area (Å²) < 4.78 is 1.59. The number of carbonyl (C=O) groups is 1. The summed E-state index contributed by atoms with van der Waals surface area (Å²) >= 11 is 1.51. The Morgan fingerprint density at radius 1 is 1.33 bits per heavy atom. The molecule has 6 nitrogen and oxygen atoms in total. The van der Waals surface area contributed by atoms with E-state index in [4.69, 9.17) is 0 Å². The second kappa shape index (κ2) is 7.43. The summed E-state index contributed by atoms with van der Waals surface area (Å²) in [5.41, 5.74) is -0.0257. The molecule has 7 heteroatoms. The summed E-state index contributed by atoms with van der Waals surface area (Å²) in [6.07, 6.45) is 6.18. The molecule has 0 saturated heterocycles. The highest BCUT2D eigenvalue weighted by Gasteiger charge is 2.42. The van der Waals surface area contributed by atoms with Crippen molar-refractivity contribution >= 4 is 17.2 Å². The number of rotatable bonds is 5. The molecule has 1 aliphatic rings. The molecule has 1 atom stereocenters. The molecule has 0 aliphatic heterocycles. The van der Waals surface area contributed by atoms with Gasteiger partial charge in [-0.25, -0.2) is 4.68 Å². The van der Waals surface area contributed by atoms with Gasteiger partial charge in [-0.3, -0.25) is 4.79 Å². The Morgan fingerprint density at radius 2 is 2.04 bits per heavy atom. The van der Waals surface area contributed by atoms with Gasteiger partial charge in [0, 0.05) is 5.38 Å². The van der Waals surface area contributed by atoms with Gasteiger partial charge < -0.3 is 5.32 Å². The molecular weight excluding hydrogens is 358 g/mol. The van der Waals surface area contributed by atoms with Gasteiger partial charge in [0.15, 0.2) is 0 Å². The van der Waals surface area contributed by atoms with Crippen LogP contribution in [0.5, 0.6) is 0 Å². The van der Waals surface area contributed by atoms with E-state index in [0.29, 0.717) is 17.2 Å². The molecule has 3 rings (SSSR count). The van der Waals surface area contributed by atoms with E-state index in [1.807, 2.05) is 29.9 Å². The fourth-order valence-corrected chi connectivity index (χ4v) is 4.38. The smallest absolute Gasteiger partial charge is 0.252 e. The lowest BCUT2D eigenvalue weighted by Crippen LogP contribution is -2.50. The lowest BCUT2D eigenvalue weighted by atomic mass is 9.71. The zero-order chi connectivity index (χ0) is 19.7. The molecule has 2 heterocycles. The monoisotopic (exact) mass is 385 g/mol. The van der Waals surface area contributed by atoms with E-state index < -0.39 is 11.1 Å². The van der Waals surface area contributed by atoms with Crippen LogP contribution in [0.4, 0.5) is 0 Å². The average molecular weight is 386 g/mol. The van der Waals surface area contributed by atoms with Crippen LogP contribution in [-0.2, 0) is 11.1 Å². The molecule has 1 N–H and O–H groups in total. The number of nitrogens with zero attached hydrogens (tertiary/aromatic N) is 4. The van der Waals surface area contributed by atoms with Crippen molar-refractivity contribution in [2.24, 2.45) is 11.8 Å². The number of hydrogen-bond donors (Lipinski definition) is 1. The van der Waals surface area contributed by atoms with Crippen LogP contribution in [0.1, 0.15) is 69.4 Å². The van der Waals surface area contributed by atoms with Crippen molar-refractivity contribution < 1.29 is 4.79 Å².